The number of rotatable bonds is 5. The van der Waals surface area contributed by atoms with Gasteiger partial charge in [0.1, 0.15) is 0 Å². The molecule has 120 valence electrons. The first-order chi connectivity index (χ1) is 10.2. The fourth-order valence-electron chi connectivity index (χ4n) is 2.08. The van der Waals surface area contributed by atoms with Crippen LogP contribution in [-0.2, 0) is 20.1 Å². The normalized spacial score (nSPS) is 14.5. The number of halogens is 1. The molecule has 0 radical (unpaired) electrons. The van der Waals surface area contributed by atoms with Gasteiger partial charge in [-0.25, -0.2) is 0 Å². The van der Waals surface area contributed by atoms with E-state index in [2.05, 4.69) is 38.0 Å². The molecule has 7 nitrogen and oxygen atoms in total. The summed E-state index contributed by atoms with van der Waals surface area (Å²) in [6.45, 7) is 1.20. The molecule has 2 heterocycles. The van der Waals surface area contributed by atoms with Crippen LogP contribution in [0.4, 0.5) is 0 Å². The van der Waals surface area contributed by atoms with Crippen LogP contribution in [0.15, 0.2) is 28.0 Å². The SMILES string of the molecule is CN=C(NCc1ccn(C)c1)NCc1nc(C2CC2)no1.I. The Hall–Kier alpha value is -1.58. The summed E-state index contributed by atoms with van der Waals surface area (Å²) in [5.41, 5.74) is 1.20. The summed E-state index contributed by atoms with van der Waals surface area (Å²) in [7, 11) is 3.74. The van der Waals surface area contributed by atoms with Crippen molar-refractivity contribution in [2.45, 2.75) is 31.8 Å². The first kappa shape index (κ1) is 16.8. The lowest BCUT2D eigenvalue weighted by molar-refractivity contribution is 0.370. The Bertz CT molecular complexity index is 631. The van der Waals surface area contributed by atoms with Crippen molar-refractivity contribution in [3.05, 3.63) is 35.7 Å². The zero-order chi connectivity index (χ0) is 14.7. The quantitative estimate of drug-likeness (QED) is 0.441. The Balaban J connectivity index is 0.00000176. The van der Waals surface area contributed by atoms with E-state index in [1.165, 1.54) is 18.4 Å². The molecular weight excluding hydrogens is 395 g/mol. The van der Waals surface area contributed by atoms with E-state index in [0.717, 1.165) is 12.4 Å². The number of aromatic nitrogens is 3. The lowest BCUT2D eigenvalue weighted by Gasteiger charge is -2.09. The largest absolute Gasteiger partial charge is 0.357 e. The molecule has 0 amide bonds. The molecule has 2 aromatic rings. The Morgan fingerprint density at radius 1 is 1.41 bits per heavy atom. The molecule has 1 fully saturated rings. The van der Waals surface area contributed by atoms with E-state index in [9.17, 15) is 0 Å². The predicted molar refractivity (Wildman–Crippen MR) is 94.1 cm³/mol. The maximum atomic E-state index is 5.22. The Labute approximate surface area is 146 Å². The molecule has 0 saturated heterocycles. The lowest BCUT2D eigenvalue weighted by atomic mass is 10.3. The summed E-state index contributed by atoms with van der Waals surface area (Å²) in [5, 5.41) is 10.4. The average Bonchev–Trinajstić information content (AvgIpc) is 3.09. The fraction of sp³-hybridized carbons (Fsp3) is 0.500. The highest BCUT2D eigenvalue weighted by molar-refractivity contribution is 14.0. The second-order valence-corrected chi connectivity index (χ2v) is 5.29. The fourth-order valence-corrected chi connectivity index (χ4v) is 2.08. The minimum Gasteiger partial charge on any atom is -0.357 e. The van der Waals surface area contributed by atoms with E-state index in [-0.39, 0.29) is 24.0 Å². The smallest absolute Gasteiger partial charge is 0.246 e. The Kier molecular flexibility index (Phi) is 5.81. The Morgan fingerprint density at radius 2 is 2.18 bits per heavy atom. The summed E-state index contributed by atoms with van der Waals surface area (Å²) in [5.74, 6) is 2.65. The van der Waals surface area contributed by atoms with E-state index >= 15 is 0 Å². The van der Waals surface area contributed by atoms with Crippen molar-refractivity contribution in [2.75, 3.05) is 7.05 Å². The minimum absolute atomic E-state index is 0. The van der Waals surface area contributed by atoms with Gasteiger partial charge in [0.25, 0.3) is 0 Å². The minimum atomic E-state index is 0. The highest BCUT2D eigenvalue weighted by Gasteiger charge is 2.28. The number of nitrogens with one attached hydrogen (secondary N) is 2. The first-order valence-electron chi connectivity index (χ1n) is 7.12. The van der Waals surface area contributed by atoms with Crippen LogP contribution in [0.5, 0.6) is 0 Å². The molecule has 2 N–H and O–H groups in total. The number of aryl methyl sites for hydroxylation is 1. The molecule has 0 bridgehead atoms. The standard InChI is InChI=1S/C14H20N6O.HI/c1-15-14(16-7-10-5-6-20(2)9-10)17-8-12-18-13(19-21-12)11-3-4-11;/h5-6,9,11H,3-4,7-8H2,1-2H3,(H2,15,16,17);1H. The molecule has 1 saturated carbocycles. The van der Waals surface area contributed by atoms with Gasteiger partial charge in [-0.1, -0.05) is 5.16 Å². The van der Waals surface area contributed by atoms with Gasteiger partial charge in [0, 0.05) is 39.0 Å². The van der Waals surface area contributed by atoms with Gasteiger partial charge >= 0.3 is 0 Å². The van der Waals surface area contributed by atoms with Crippen molar-refractivity contribution in [1.29, 1.82) is 0 Å². The zero-order valence-electron chi connectivity index (χ0n) is 12.7. The van der Waals surface area contributed by atoms with Gasteiger partial charge in [-0.15, -0.1) is 24.0 Å². The van der Waals surface area contributed by atoms with Crippen LogP contribution in [0.25, 0.3) is 0 Å². The summed E-state index contributed by atoms with van der Waals surface area (Å²) in [6.07, 6.45) is 6.44. The van der Waals surface area contributed by atoms with Crippen molar-refractivity contribution in [3.63, 3.8) is 0 Å². The van der Waals surface area contributed by atoms with Crippen LogP contribution < -0.4 is 10.6 Å². The highest BCUT2D eigenvalue weighted by atomic mass is 127. The molecule has 0 aromatic carbocycles. The third-order valence-corrected chi connectivity index (χ3v) is 3.41. The molecule has 22 heavy (non-hydrogen) atoms. The van der Waals surface area contributed by atoms with E-state index in [0.29, 0.717) is 24.3 Å². The maximum Gasteiger partial charge on any atom is 0.246 e. The van der Waals surface area contributed by atoms with E-state index < -0.39 is 0 Å². The molecule has 0 spiro atoms. The molecule has 3 rings (SSSR count). The average molecular weight is 416 g/mol. The molecule has 1 aliphatic rings. The van der Waals surface area contributed by atoms with Crippen molar-refractivity contribution in [3.8, 4) is 0 Å². The zero-order valence-corrected chi connectivity index (χ0v) is 15.1. The van der Waals surface area contributed by atoms with Crippen molar-refractivity contribution < 1.29 is 4.52 Å². The number of nitrogens with zero attached hydrogens (tertiary/aromatic N) is 4. The number of hydrogen-bond donors (Lipinski definition) is 2. The second kappa shape index (κ2) is 7.61. The summed E-state index contributed by atoms with van der Waals surface area (Å²) in [6, 6.07) is 2.07. The van der Waals surface area contributed by atoms with Crippen LogP contribution >= 0.6 is 24.0 Å². The Morgan fingerprint density at radius 3 is 2.82 bits per heavy atom. The van der Waals surface area contributed by atoms with Gasteiger partial charge < -0.3 is 19.7 Å². The van der Waals surface area contributed by atoms with Crippen LogP contribution in [0, 0.1) is 0 Å². The van der Waals surface area contributed by atoms with E-state index in [1.807, 2.05) is 17.8 Å². The molecule has 0 unspecified atom stereocenters. The van der Waals surface area contributed by atoms with Gasteiger partial charge in [0.2, 0.25) is 5.89 Å². The van der Waals surface area contributed by atoms with Gasteiger partial charge in [-0.3, -0.25) is 4.99 Å². The summed E-state index contributed by atoms with van der Waals surface area (Å²) in [4.78, 5) is 8.55. The van der Waals surface area contributed by atoms with Gasteiger partial charge in [-0.05, 0) is 24.5 Å². The summed E-state index contributed by atoms with van der Waals surface area (Å²) >= 11 is 0. The molecule has 0 atom stereocenters. The van der Waals surface area contributed by atoms with Crippen molar-refractivity contribution in [2.24, 2.45) is 12.0 Å². The van der Waals surface area contributed by atoms with Crippen LogP contribution in [0.1, 0.15) is 36.0 Å². The first-order valence-corrected chi connectivity index (χ1v) is 7.12. The highest BCUT2D eigenvalue weighted by Crippen LogP contribution is 2.37. The number of guanidine groups is 1. The molecule has 1 aliphatic carbocycles. The number of hydrogen-bond acceptors (Lipinski definition) is 4. The molecule has 8 heteroatoms. The molecule has 2 aromatic heterocycles. The maximum absolute atomic E-state index is 5.22. The predicted octanol–water partition coefficient (Wildman–Crippen LogP) is 1.77. The molecule has 0 aliphatic heterocycles. The van der Waals surface area contributed by atoms with Crippen molar-refractivity contribution >= 4 is 29.9 Å². The third-order valence-electron chi connectivity index (χ3n) is 3.41. The van der Waals surface area contributed by atoms with Gasteiger partial charge in [-0.2, -0.15) is 4.98 Å². The van der Waals surface area contributed by atoms with Crippen molar-refractivity contribution in [1.82, 2.24) is 25.3 Å². The topological polar surface area (TPSA) is 80.3 Å². The van der Waals surface area contributed by atoms with Crippen LogP contribution in [-0.4, -0.2) is 27.7 Å². The van der Waals surface area contributed by atoms with Gasteiger partial charge in [0.15, 0.2) is 11.8 Å². The van der Waals surface area contributed by atoms with Crippen LogP contribution in [0.3, 0.4) is 0 Å². The van der Waals surface area contributed by atoms with E-state index in [1.54, 1.807) is 7.05 Å². The van der Waals surface area contributed by atoms with Crippen LogP contribution in [0.2, 0.25) is 0 Å². The second-order valence-electron chi connectivity index (χ2n) is 5.29. The lowest BCUT2D eigenvalue weighted by Crippen LogP contribution is -2.36. The third kappa shape index (κ3) is 4.46. The summed E-state index contributed by atoms with van der Waals surface area (Å²) < 4.78 is 7.24. The van der Waals surface area contributed by atoms with Gasteiger partial charge in [0.05, 0.1) is 6.54 Å². The molecular formula is C14H21IN6O. The monoisotopic (exact) mass is 416 g/mol. The number of aliphatic imine (C=N–C) groups is 1. The van der Waals surface area contributed by atoms with E-state index in [4.69, 9.17) is 4.52 Å².